The van der Waals surface area contributed by atoms with Gasteiger partial charge >= 0.3 is 0 Å². The minimum Gasteiger partial charge on any atom is -0.335 e. The number of ether oxygens (including phenoxy) is 1. The molecule has 1 unspecified atom stereocenters. The van der Waals surface area contributed by atoms with E-state index in [1.807, 2.05) is 0 Å². The third kappa shape index (κ3) is 4.85. The van der Waals surface area contributed by atoms with Gasteiger partial charge in [-0.3, -0.25) is 0 Å². The number of rotatable bonds is 3. The Balaban J connectivity index is 3.58. The third-order valence-corrected chi connectivity index (χ3v) is 1.57. The van der Waals surface area contributed by atoms with Crippen LogP contribution in [-0.4, -0.2) is 10.9 Å². The largest absolute Gasteiger partial charge is 0.335 e. The normalized spacial score (nSPS) is 18.0. The van der Waals surface area contributed by atoms with E-state index >= 15 is 0 Å². The Morgan fingerprint density at radius 2 is 2.11 bits per heavy atom. The van der Waals surface area contributed by atoms with Crippen LogP contribution in [-0.2, 0) is 4.74 Å². The standard InChI is InChI=1S/C6H12BrFO/c1-4-6(7,8)9-5(2)3/h5H,4H2,1-3H3. The second kappa shape index (κ2) is 3.52. The van der Waals surface area contributed by atoms with Crippen molar-refractivity contribution in [1.82, 2.24) is 0 Å². The Morgan fingerprint density at radius 3 is 2.22 bits per heavy atom. The molecule has 0 N–H and O–H groups in total. The molecule has 1 nitrogen and oxygen atoms in total. The number of hydrogen-bond donors (Lipinski definition) is 0. The second-order valence-corrected chi connectivity index (χ2v) is 3.34. The molecule has 0 bridgehead atoms. The van der Waals surface area contributed by atoms with Gasteiger partial charge in [-0.05, 0) is 29.8 Å². The second-order valence-electron chi connectivity index (χ2n) is 2.16. The zero-order valence-electron chi connectivity index (χ0n) is 5.95. The van der Waals surface area contributed by atoms with Crippen molar-refractivity contribution in [3.05, 3.63) is 0 Å². The van der Waals surface area contributed by atoms with Crippen molar-refractivity contribution >= 4 is 15.9 Å². The van der Waals surface area contributed by atoms with Gasteiger partial charge in [-0.25, -0.2) is 0 Å². The number of halogens is 2. The van der Waals surface area contributed by atoms with Gasteiger partial charge in [0.05, 0.1) is 6.10 Å². The van der Waals surface area contributed by atoms with E-state index in [1.54, 1.807) is 20.8 Å². The van der Waals surface area contributed by atoms with Crippen LogP contribution in [0, 0.1) is 0 Å². The molecule has 0 saturated carbocycles. The van der Waals surface area contributed by atoms with Crippen LogP contribution in [0.4, 0.5) is 4.39 Å². The van der Waals surface area contributed by atoms with Gasteiger partial charge in [-0.1, -0.05) is 6.92 Å². The molecule has 0 saturated heterocycles. The van der Waals surface area contributed by atoms with Crippen molar-refractivity contribution in [2.75, 3.05) is 0 Å². The molecule has 0 aromatic heterocycles. The highest BCUT2D eigenvalue weighted by Gasteiger charge is 2.24. The molecule has 0 aliphatic rings. The summed E-state index contributed by atoms with van der Waals surface area (Å²) in [5, 5.41) is 0. The summed E-state index contributed by atoms with van der Waals surface area (Å²) in [6.45, 7) is 5.31. The Labute approximate surface area is 63.7 Å². The topological polar surface area (TPSA) is 9.23 Å². The Morgan fingerprint density at radius 1 is 1.67 bits per heavy atom. The third-order valence-electron chi connectivity index (χ3n) is 0.820. The summed E-state index contributed by atoms with van der Waals surface area (Å²) in [7, 11) is 0. The van der Waals surface area contributed by atoms with Gasteiger partial charge in [0.25, 0.3) is 4.76 Å². The van der Waals surface area contributed by atoms with Gasteiger partial charge < -0.3 is 4.74 Å². The molecule has 1 atom stereocenters. The van der Waals surface area contributed by atoms with Gasteiger partial charge in [0, 0.05) is 6.42 Å². The maximum Gasteiger partial charge on any atom is 0.265 e. The molecule has 0 aromatic rings. The zero-order chi connectivity index (χ0) is 7.49. The van der Waals surface area contributed by atoms with Crippen LogP contribution in [0.25, 0.3) is 0 Å². The van der Waals surface area contributed by atoms with E-state index in [9.17, 15) is 4.39 Å². The van der Waals surface area contributed by atoms with E-state index in [2.05, 4.69) is 15.9 Å². The van der Waals surface area contributed by atoms with Gasteiger partial charge in [-0.2, -0.15) is 4.39 Å². The molecular formula is C6H12BrFO. The van der Waals surface area contributed by atoms with Crippen molar-refractivity contribution in [2.45, 2.75) is 38.1 Å². The van der Waals surface area contributed by atoms with Crippen LogP contribution in [0.1, 0.15) is 27.2 Å². The first-order valence-corrected chi connectivity index (χ1v) is 3.83. The van der Waals surface area contributed by atoms with E-state index in [-0.39, 0.29) is 6.10 Å². The molecule has 0 fully saturated rings. The Hall–Kier alpha value is 0.370. The summed E-state index contributed by atoms with van der Waals surface area (Å²) in [6, 6.07) is 0. The van der Waals surface area contributed by atoms with Crippen LogP contribution < -0.4 is 0 Å². The first-order valence-electron chi connectivity index (χ1n) is 3.03. The highest BCUT2D eigenvalue weighted by Crippen LogP contribution is 2.26. The average molecular weight is 199 g/mol. The number of alkyl halides is 2. The van der Waals surface area contributed by atoms with Crippen LogP contribution in [0.15, 0.2) is 0 Å². The summed E-state index contributed by atoms with van der Waals surface area (Å²) >= 11 is 2.79. The fraction of sp³-hybridized carbons (Fsp3) is 1.00. The molecule has 9 heavy (non-hydrogen) atoms. The molecule has 3 heteroatoms. The lowest BCUT2D eigenvalue weighted by Gasteiger charge is -2.19. The number of hydrogen-bond acceptors (Lipinski definition) is 1. The minimum atomic E-state index is -1.62. The van der Waals surface area contributed by atoms with Gasteiger partial charge in [-0.15, -0.1) is 0 Å². The minimum absolute atomic E-state index is 0.0747. The van der Waals surface area contributed by atoms with Crippen LogP contribution in [0.3, 0.4) is 0 Å². The van der Waals surface area contributed by atoms with Gasteiger partial charge in [0.2, 0.25) is 0 Å². The maximum atomic E-state index is 12.8. The molecule has 0 aromatic carbocycles. The lowest BCUT2D eigenvalue weighted by atomic mass is 10.4. The van der Waals surface area contributed by atoms with E-state index in [1.165, 1.54) is 0 Å². The lowest BCUT2D eigenvalue weighted by Crippen LogP contribution is -2.21. The maximum absolute atomic E-state index is 12.8. The SMILES string of the molecule is CCC(F)(Br)OC(C)C. The summed E-state index contributed by atoms with van der Waals surface area (Å²) in [5.74, 6) is 0. The summed E-state index contributed by atoms with van der Waals surface area (Å²) in [5.41, 5.74) is 0. The van der Waals surface area contributed by atoms with Crippen LogP contribution in [0.5, 0.6) is 0 Å². The van der Waals surface area contributed by atoms with E-state index in [0.717, 1.165) is 0 Å². The first kappa shape index (κ1) is 9.37. The molecule has 56 valence electrons. The van der Waals surface area contributed by atoms with Crippen molar-refractivity contribution in [3.8, 4) is 0 Å². The monoisotopic (exact) mass is 198 g/mol. The quantitative estimate of drug-likeness (QED) is 0.635. The molecule has 0 aliphatic carbocycles. The lowest BCUT2D eigenvalue weighted by molar-refractivity contribution is -0.0957. The molecular weight excluding hydrogens is 187 g/mol. The molecule has 0 spiro atoms. The molecule has 0 aliphatic heterocycles. The fourth-order valence-corrected chi connectivity index (χ4v) is 0.802. The summed E-state index contributed by atoms with van der Waals surface area (Å²) in [4.78, 5) is 0. The first-order chi connectivity index (χ1) is 3.98. The summed E-state index contributed by atoms with van der Waals surface area (Å²) in [6.07, 6.45) is 0.250. The fourth-order valence-electron chi connectivity index (χ4n) is 0.428. The predicted octanol–water partition coefficient (Wildman–Crippen LogP) is 2.84. The zero-order valence-corrected chi connectivity index (χ0v) is 7.53. The van der Waals surface area contributed by atoms with Crippen molar-refractivity contribution in [3.63, 3.8) is 0 Å². The average Bonchev–Trinajstić information content (AvgIpc) is 1.63. The highest BCUT2D eigenvalue weighted by molar-refractivity contribution is 9.10. The van der Waals surface area contributed by atoms with Gasteiger partial charge in [0.1, 0.15) is 0 Å². The summed E-state index contributed by atoms with van der Waals surface area (Å²) < 4.78 is 16.0. The van der Waals surface area contributed by atoms with Crippen molar-refractivity contribution in [1.29, 1.82) is 0 Å². The van der Waals surface area contributed by atoms with E-state index < -0.39 is 4.76 Å². The Kier molecular flexibility index (Phi) is 3.66. The van der Waals surface area contributed by atoms with Crippen LogP contribution in [0.2, 0.25) is 0 Å². The molecule has 0 rings (SSSR count). The molecule has 0 heterocycles. The highest BCUT2D eigenvalue weighted by atomic mass is 79.9. The van der Waals surface area contributed by atoms with E-state index in [4.69, 9.17) is 4.74 Å². The van der Waals surface area contributed by atoms with Crippen molar-refractivity contribution < 1.29 is 9.13 Å². The van der Waals surface area contributed by atoms with E-state index in [0.29, 0.717) is 6.42 Å². The predicted molar refractivity (Wildman–Crippen MR) is 39.3 cm³/mol. The van der Waals surface area contributed by atoms with Crippen molar-refractivity contribution in [2.24, 2.45) is 0 Å². The molecule has 0 amide bonds. The molecule has 0 radical (unpaired) electrons. The Bertz CT molecular complexity index is 83.1. The van der Waals surface area contributed by atoms with Gasteiger partial charge in [0.15, 0.2) is 0 Å². The van der Waals surface area contributed by atoms with Crippen LogP contribution >= 0.6 is 15.9 Å². The smallest absolute Gasteiger partial charge is 0.265 e.